The Bertz CT molecular complexity index is 1140. The lowest BCUT2D eigenvalue weighted by atomic mass is 9.92. The minimum atomic E-state index is -0.0876. The number of halogens is 1. The van der Waals surface area contributed by atoms with Crippen molar-refractivity contribution < 1.29 is 9.47 Å². The van der Waals surface area contributed by atoms with Gasteiger partial charge in [0.15, 0.2) is 16.6 Å². The molecule has 1 atom stereocenters. The van der Waals surface area contributed by atoms with Crippen LogP contribution < -0.4 is 20.1 Å². The van der Waals surface area contributed by atoms with E-state index < -0.39 is 0 Å². The summed E-state index contributed by atoms with van der Waals surface area (Å²) in [5, 5.41) is 9.13. The fourth-order valence-electron chi connectivity index (χ4n) is 4.15. The van der Waals surface area contributed by atoms with E-state index in [-0.39, 0.29) is 17.0 Å². The van der Waals surface area contributed by atoms with Crippen LogP contribution in [0.2, 0.25) is 5.02 Å². The van der Waals surface area contributed by atoms with E-state index in [1.165, 1.54) is 5.56 Å². The molecular formula is C26H30ClN3O2S. The van der Waals surface area contributed by atoms with E-state index in [4.69, 9.17) is 26.1 Å². The third kappa shape index (κ3) is 4.98. The number of rotatable bonds is 8. The second-order valence-corrected chi connectivity index (χ2v) is 11.5. The lowest BCUT2D eigenvalue weighted by Gasteiger charge is -2.23. The van der Waals surface area contributed by atoms with Crippen LogP contribution in [0.15, 0.2) is 48.7 Å². The van der Waals surface area contributed by atoms with Gasteiger partial charge < -0.3 is 20.1 Å². The van der Waals surface area contributed by atoms with E-state index in [0.29, 0.717) is 6.79 Å². The minimum Gasteiger partial charge on any atom is -0.454 e. The van der Waals surface area contributed by atoms with Crippen molar-refractivity contribution in [2.75, 3.05) is 18.7 Å². The highest BCUT2D eigenvalue weighted by atomic mass is 35.5. The number of hydrogen-bond acceptors (Lipinski definition) is 6. The Kier molecular flexibility index (Phi) is 6.02. The molecule has 0 spiro atoms. The lowest BCUT2D eigenvalue weighted by molar-refractivity contribution is 0.174. The van der Waals surface area contributed by atoms with Gasteiger partial charge >= 0.3 is 0 Å². The third-order valence-corrected chi connectivity index (χ3v) is 7.59. The first-order chi connectivity index (χ1) is 15.8. The molecule has 33 heavy (non-hydrogen) atoms. The Morgan fingerprint density at radius 1 is 1.12 bits per heavy atom. The Hall–Kier alpha value is -2.28. The van der Waals surface area contributed by atoms with E-state index in [1.54, 1.807) is 11.3 Å². The smallest absolute Gasteiger partial charge is 0.231 e. The van der Waals surface area contributed by atoms with Gasteiger partial charge in [0.1, 0.15) is 0 Å². The van der Waals surface area contributed by atoms with Crippen molar-refractivity contribution in [1.29, 1.82) is 0 Å². The lowest BCUT2D eigenvalue weighted by Crippen LogP contribution is -2.26. The average Bonchev–Trinajstić information content (AvgIpc) is 3.18. The normalized spacial score (nSPS) is 17.1. The number of benzene rings is 2. The van der Waals surface area contributed by atoms with Crippen molar-refractivity contribution >= 4 is 28.1 Å². The predicted molar refractivity (Wildman–Crippen MR) is 135 cm³/mol. The third-order valence-electron chi connectivity index (χ3n) is 6.27. The molecule has 1 aliphatic heterocycles. The molecule has 3 aromatic rings. The molecule has 0 saturated heterocycles. The number of anilines is 1. The van der Waals surface area contributed by atoms with Crippen molar-refractivity contribution in [2.24, 2.45) is 5.41 Å². The van der Waals surface area contributed by atoms with Crippen LogP contribution in [0, 0.1) is 5.41 Å². The Labute approximate surface area is 204 Å². The number of ether oxygens (including phenoxy) is 2. The van der Waals surface area contributed by atoms with E-state index >= 15 is 0 Å². The summed E-state index contributed by atoms with van der Waals surface area (Å²) in [6.07, 6.45) is 5.19. The summed E-state index contributed by atoms with van der Waals surface area (Å²) in [5.74, 6) is 1.64. The van der Waals surface area contributed by atoms with Crippen molar-refractivity contribution in [3.63, 3.8) is 0 Å². The highest BCUT2D eigenvalue weighted by molar-refractivity contribution is 7.15. The molecule has 1 aromatic heterocycles. The molecule has 5 rings (SSSR count). The van der Waals surface area contributed by atoms with Crippen LogP contribution in [-0.2, 0) is 5.54 Å². The van der Waals surface area contributed by atoms with Gasteiger partial charge in [-0.25, -0.2) is 4.98 Å². The number of fused-ring (bicyclic) bond motifs is 1. The summed E-state index contributed by atoms with van der Waals surface area (Å²) in [4.78, 5) is 5.89. The van der Waals surface area contributed by atoms with Crippen LogP contribution in [0.25, 0.3) is 0 Å². The summed E-state index contributed by atoms with van der Waals surface area (Å²) in [6.45, 7) is 7.99. The molecule has 1 unspecified atom stereocenters. The maximum Gasteiger partial charge on any atom is 0.231 e. The molecule has 7 heteroatoms. The fourth-order valence-corrected chi connectivity index (χ4v) is 5.41. The van der Waals surface area contributed by atoms with Gasteiger partial charge in [-0.05, 0) is 60.5 Å². The summed E-state index contributed by atoms with van der Waals surface area (Å²) in [5.41, 5.74) is 2.48. The minimum absolute atomic E-state index is 0.00907. The SMILES string of the molecule is CC(C)(C)CCNC(c1cnc(NC2(c3ccc4c(c3)OCO4)CC2)s1)c1ccccc1Cl. The van der Waals surface area contributed by atoms with Crippen LogP contribution in [0.4, 0.5) is 5.13 Å². The summed E-state index contributed by atoms with van der Waals surface area (Å²) < 4.78 is 11.1. The highest BCUT2D eigenvalue weighted by Crippen LogP contribution is 2.51. The van der Waals surface area contributed by atoms with Gasteiger partial charge in [-0.1, -0.05) is 56.6 Å². The standard InChI is InChI=1S/C26H30ClN3O2S/c1-25(2,3)12-13-28-23(18-6-4-5-7-19(18)27)22-15-29-24(33-22)30-26(10-11-26)17-8-9-20-21(14-17)32-16-31-20/h4-9,14-15,23,28H,10-13,16H2,1-3H3,(H,29,30). The van der Waals surface area contributed by atoms with E-state index in [0.717, 1.165) is 57.9 Å². The number of nitrogens with zero attached hydrogens (tertiary/aromatic N) is 1. The van der Waals surface area contributed by atoms with Crippen molar-refractivity contribution in [3.05, 3.63) is 69.7 Å². The zero-order valence-corrected chi connectivity index (χ0v) is 20.9. The van der Waals surface area contributed by atoms with Gasteiger partial charge in [0.2, 0.25) is 6.79 Å². The Morgan fingerprint density at radius 3 is 2.67 bits per heavy atom. The monoisotopic (exact) mass is 483 g/mol. The van der Waals surface area contributed by atoms with Crippen molar-refractivity contribution in [1.82, 2.24) is 10.3 Å². The Morgan fingerprint density at radius 2 is 1.91 bits per heavy atom. The van der Waals surface area contributed by atoms with Gasteiger partial charge in [-0.15, -0.1) is 11.3 Å². The maximum absolute atomic E-state index is 6.59. The molecule has 2 heterocycles. The molecule has 1 aliphatic carbocycles. The molecule has 2 N–H and O–H groups in total. The number of aromatic nitrogens is 1. The van der Waals surface area contributed by atoms with Crippen LogP contribution in [0.5, 0.6) is 11.5 Å². The number of thiazole rings is 1. The van der Waals surface area contributed by atoms with Crippen molar-refractivity contribution in [2.45, 2.75) is 51.6 Å². The van der Waals surface area contributed by atoms with Crippen molar-refractivity contribution in [3.8, 4) is 11.5 Å². The summed E-state index contributed by atoms with van der Waals surface area (Å²) in [6, 6.07) is 14.3. The molecule has 1 fully saturated rings. The molecular weight excluding hydrogens is 454 g/mol. The maximum atomic E-state index is 6.59. The quantitative estimate of drug-likeness (QED) is 0.371. The van der Waals surface area contributed by atoms with Crippen LogP contribution in [-0.4, -0.2) is 18.3 Å². The van der Waals surface area contributed by atoms with Gasteiger partial charge in [0, 0.05) is 16.1 Å². The molecule has 2 aromatic carbocycles. The van der Waals surface area contributed by atoms with Gasteiger partial charge in [-0.2, -0.15) is 0 Å². The van der Waals surface area contributed by atoms with E-state index in [2.05, 4.69) is 49.6 Å². The molecule has 0 amide bonds. The zero-order chi connectivity index (χ0) is 23.1. The average molecular weight is 484 g/mol. The first-order valence-electron chi connectivity index (χ1n) is 11.4. The second-order valence-electron chi connectivity index (χ2n) is 10.1. The van der Waals surface area contributed by atoms with Crippen LogP contribution >= 0.6 is 22.9 Å². The van der Waals surface area contributed by atoms with Crippen LogP contribution in [0.3, 0.4) is 0 Å². The van der Waals surface area contributed by atoms with Gasteiger partial charge in [0.25, 0.3) is 0 Å². The van der Waals surface area contributed by atoms with E-state index in [1.807, 2.05) is 30.5 Å². The molecule has 1 saturated carbocycles. The Balaban J connectivity index is 1.36. The van der Waals surface area contributed by atoms with E-state index in [9.17, 15) is 0 Å². The number of nitrogens with one attached hydrogen (secondary N) is 2. The van der Waals surface area contributed by atoms with Gasteiger partial charge in [-0.3, -0.25) is 0 Å². The van der Waals surface area contributed by atoms with Gasteiger partial charge in [0.05, 0.1) is 11.6 Å². The second kappa shape index (κ2) is 8.82. The molecule has 0 bridgehead atoms. The first kappa shape index (κ1) is 22.5. The highest BCUT2D eigenvalue weighted by Gasteiger charge is 2.45. The topological polar surface area (TPSA) is 55.4 Å². The fraction of sp³-hybridized carbons (Fsp3) is 0.423. The van der Waals surface area contributed by atoms with Crippen LogP contribution in [0.1, 0.15) is 62.1 Å². The largest absolute Gasteiger partial charge is 0.454 e. The molecule has 0 radical (unpaired) electrons. The summed E-state index contributed by atoms with van der Waals surface area (Å²) in [7, 11) is 0. The summed E-state index contributed by atoms with van der Waals surface area (Å²) >= 11 is 8.28. The number of hydrogen-bond donors (Lipinski definition) is 2. The first-order valence-corrected chi connectivity index (χ1v) is 12.6. The zero-order valence-electron chi connectivity index (χ0n) is 19.3. The molecule has 5 nitrogen and oxygen atoms in total. The molecule has 2 aliphatic rings. The predicted octanol–water partition coefficient (Wildman–Crippen LogP) is 6.74. The molecule has 174 valence electrons.